The van der Waals surface area contributed by atoms with Crippen molar-refractivity contribution in [2.75, 3.05) is 28.2 Å². The number of aromatic nitrogens is 2. The number of nitrogens with one attached hydrogen (secondary N) is 1. The molecule has 0 aliphatic carbocycles. The van der Waals surface area contributed by atoms with Crippen LogP contribution in [-0.4, -0.2) is 52.1 Å². The number of carbonyl (C=O) groups is 2. The predicted molar refractivity (Wildman–Crippen MR) is 149 cm³/mol. The second kappa shape index (κ2) is 12.9. The molecule has 14 heteroatoms. The van der Waals surface area contributed by atoms with E-state index in [0.717, 1.165) is 28.0 Å². The van der Waals surface area contributed by atoms with Gasteiger partial charge in [-0.1, -0.05) is 18.6 Å². The zero-order valence-corrected chi connectivity index (χ0v) is 23.0. The summed E-state index contributed by atoms with van der Waals surface area (Å²) in [6.07, 6.45) is -6.22. The number of β-amino-alcohol motifs (C(OH)–C–C–N with tert-alkyl or cyclic N) is 1. The number of anilines is 3. The van der Waals surface area contributed by atoms with Crippen LogP contribution in [0.25, 0.3) is 0 Å². The average molecular weight is 611 g/mol. The number of hydrogen-bond acceptors (Lipinski definition) is 7. The molecule has 226 valence electrons. The Hall–Kier alpha value is -5.34. The van der Waals surface area contributed by atoms with Crippen molar-refractivity contribution < 1.29 is 36.6 Å². The Kier molecular flexibility index (Phi) is 9.26. The zero-order valence-electron chi connectivity index (χ0n) is 23.0. The third-order valence-electron chi connectivity index (χ3n) is 6.48. The van der Waals surface area contributed by atoms with Crippen LogP contribution in [0.2, 0.25) is 0 Å². The summed E-state index contributed by atoms with van der Waals surface area (Å²) >= 11 is 0. The van der Waals surface area contributed by atoms with Gasteiger partial charge >= 0.3 is 6.18 Å². The first-order valence-electron chi connectivity index (χ1n) is 12.9. The standard InChI is InChI=1S/C30H23F5N6O3/c1-17-13-24(30(33,34)35)23(15-36)27(37-17)41-16-22(42)14-25(41)29(44)40(21-10-8-19(32)9-11-21)12-4-6-20-5-3-7-26(38-20)39-28(43)18(2)31/h3,5,7-11,13,22,25,42H,2,12,14,16H2,1H3,(H,38,39,43)/t22-,25-/m0/s1. The van der Waals surface area contributed by atoms with Gasteiger partial charge < -0.3 is 15.3 Å². The van der Waals surface area contributed by atoms with E-state index < -0.39 is 58.7 Å². The van der Waals surface area contributed by atoms with Gasteiger partial charge in [0, 0.05) is 24.3 Å². The quantitative estimate of drug-likeness (QED) is 0.243. The summed E-state index contributed by atoms with van der Waals surface area (Å²) in [5.41, 5.74) is -1.74. The maximum absolute atomic E-state index is 14.0. The van der Waals surface area contributed by atoms with Gasteiger partial charge in [0.25, 0.3) is 11.8 Å². The lowest BCUT2D eigenvalue weighted by Gasteiger charge is -2.31. The van der Waals surface area contributed by atoms with Crippen LogP contribution in [0.1, 0.15) is 28.9 Å². The molecule has 44 heavy (non-hydrogen) atoms. The summed E-state index contributed by atoms with van der Waals surface area (Å²) in [6, 6.07) is 10.2. The van der Waals surface area contributed by atoms with Crippen molar-refractivity contribution in [1.82, 2.24) is 9.97 Å². The maximum Gasteiger partial charge on any atom is 0.417 e. The van der Waals surface area contributed by atoms with Crippen LogP contribution < -0.4 is 15.1 Å². The molecule has 0 bridgehead atoms. The lowest BCUT2D eigenvalue weighted by molar-refractivity contribution is -0.137. The Morgan fingerprint density at radius 1 is 1.20 bits per heavy atom. The van der Waals surface area contributed by atoms with Crippen molar-refractivity contribution in [3.63, 3.8) is 0 Å². The van der Waals surface area contributed by atoms with Gasteiger partial charge in [0.2, 0.25) is 0 Å². The molecule has 1 aromatic carbocycles. The molecule has 0 unspecified atom stereocenters. The van der Waals surface area contributed by atoms with Gasteiger partial charge in [-0.25, -0.2) is 18.7 Å². The summed E-state index contributed by atoms with van der Waals surface area (Å²) in [5, 5.41) is 22.3. The van der Waals surface area contributed by atoms with Crippen LogP contribution in [0, 0.1) is 35.9 Å². The number of aliphatic hydroxyl groups excluding tert-OH is 1. The minimum atomic E-state index is -4.88. The number of pyridine rings is 2. The molecule has 9 nitrogen and oxygen atoms in total. The van der Waals surface area contributed by atoms with E-state index in [1.807, 2.05) is 0 Å². The summed E-state index contributed by atoms with van der Waals surface area (Å²) in [6.45, 7) is 3.61. The fourth-order valence-corrected chi connectivity index (χ4v) is 4.54. The molecule has 2 N–H and O–H groups in total. The van der Waals surface area contributed by atoms with Crippen LogP contribution in [-0.2, 0) is 15.8 Å². The molecule has 3 heterocycles. The van der Waals surface area contributed by atoms with Crippen LogP contribution in [0.3, 0.4) is 0 Å². The van der Waals surface area contributed by atoms with E-state index in [-0.39, 0.29) is 42.4 Å². The molecule has 1 fully saturated rings. The first kappa shape index (κ1) is 31.6. The summed E-state index contributed by atoms with van der Waals surface area (Å²) in [4.78, 5) is 36.0. The zero-order chi connectivity index (χ0) is 32.2. The topological polar surface area (TPSA) is 122 Å². The lowest BCUT2D eigenvalue weighted by Crippen LogP contribution is -2.47. The van der Waals surface area contributed by atoms with E-state index in [0.29, 0.717) is 0 Å². The molecule has 3 aromatic rings. The molecule has 4 rings (SSSR count). The summed E-state index contributed by atoms with van der Waals surface area (Å²) < 4.78 is 68.1. The maximum atomic E-state index is 14.0. The summed E-state index contributed by atoms with van der Waals surface area (Å²) in [5.74, 6) is 1.42. The highest BCUT2D eigenvalue weighted by Gasteiger charge is 2.43. The molecule has 1 aliphatic heterocycles. The third-order valence-corrected chi connectivity index (χ3v) is 6.48. The number of hydrogen-bond donors (Lipinski definition) is 2. The van der Waals surface area contributed by atoms with Gasteiger partial charge in [-0.05, 0) is 55.3 Å². The molecule has 2 amide bonds. The SMILES string of the molecule is C=C(F)C(=O)Nc1cccc(C#CCN(C(=O)[C@@H]2C[C@H](O)CN2c2nc(C)cc(C(F)(F)F)c2C#N)c2ccc(F)cc2)n1. The number of nitriles is 1. The number of amides is 2. The highest BCUT2D eigenvalue weighted by Crippen LogP contribution is 2.38. The summed E-state index contributed by atoms with van der Waals surface area (Å²) in [7, 11) is 0. The van der Waals surface area contributed by atoms with Crippen LogP contribution in [0.4, 0.5) is 39.3 Å². The molecule has 0 radical (unpaired) electrons. The minimum Gasteiger partial charge on any atom is -0.391 e. The molecule has 0 spiro atoms. The average Bonchev–Trinajstić information content (AvgIpc) is 3.36. The number of rotatable bonds is 6. The van der Waals surface area contributed by atoms with Crippen molar-refractivity contribution in [3.05, 3.63) is 89.3 Å². The van der Waals surface area contributed by atoms with E-state index in [4.69, 9.17) is 0 Å². The molecular formula is C30H23F5N6O3. The van der Waals surface area contributed by atoms with Crippen molar-refractivity contribution >= 4 is 29.1 Å². The number of nitrogens with zero attached hydrogens (tertiary/aromatic N) is 5. The molecule has 1 aliphatic rings. The fourth-order valence-electron chi connectivity index (χ4n) is 4.54. The Morgan fingerprint density at radius 3 is 2.55 bits per heavy atom. The number of aliphatic hydroxyl groups is 1. The van der Waals surface area contributed by atoms with Crippen LogP contribution in [0.5, 0.6) is 0 Å². The monoisotopic (exact) mass is 610 g/mol. The molecule has 2 atom stereocenters. The highest BCUT2D eigenvalue weighted by molar-refractivity contribution is 6.01. The Morgan fingerprint density at radius 2 is 1.91 bits per heavy atom. The Balaban J connectivity index is 1.70. The van der Waals surface area contributed by atoms with Gasteiger partial charge in [-0.3, -0.25) is 14.5 Å². The van der Waals surface area contributed by atoms with Crippen molar-refractivity contribution in [2.24, 2.45) is 0 Å². The first-order valence-corrected chi connectivity index (χ1v) is 12.9. The Bertz CT molecular complexity index is 1710. The lowest BCUT2D eigenvalue weighted by atomic mass is 10.1. The predicted octanol–water partition coefficient (Wildman–Crippen LogP) is 4.26. The Labute approximate surface area is 248 Å². The van der Waals surface area contributed by atoms with E-state index >= 15 is 0 Å². The molecule has 1 saturated heterocycles. The fraction of sp³-hybridized carbons (Fsp3) is 0.233. The van der Waals surface area contributed by atoms with E-state index in [9.17, 15) is 41.9 Å². The highest BCUT2D eigenvalue weighted by atomic mass is 19.4. The largest absolute Gasteiger partial charge is 0.417 e. The van der Waals surface area contributed by atoms with Gasteiger partial charge in [0.15, 0.2) is 5.83 Å². The van der Waals surface area contributed by atoms with E-state index in [1.165, 1.54) is 43.3 Å². The molecular weight excluding hydrogens is 587 g/mol. The van der Waals surface area contributed by atoms with Crippen LogP contribution in [0.15, 0.2) is 60.9 Å². The van der Waals surface area contributed by atoms with E-state index in [2.05, 4.69) is 33.7 Å². The van der Waals surface area contributed by atoms with Gasteiger partial charge in [0.05, 0.1) is 18.2 Å². The van der Waals surface area contributed by atoms with E-state index in [1.54, 1.807) is 0 Å². The normalized spacial score (nSPS) is 16.0. The van der Waals surface area contributed by atoms with Crippen LogP contribution >= 0.6 is 0 Å². The number of alkyl halides is 3. The number of carbonyl (C=O) groups excluding carboxylic acids is 2. The van der Waals surface area contributed by atoms with Crippen molar-refractivity contribution in [3.8, 4) is 17.9 Å². The molecule has 0 saturated carbocycles. The van der Waals surface area contributed by atoms with Gasteiger partial charge in [0.1, 0.15) is 40.8 Å². The van der Waals surface area contributed by atoms with Crippen molar-refractivity contribution in [2.45, 2.75) is 31.7 Å². The van der Waals surface area contributed by atoms with Gasteiger partial charge in [-0.2, -0.15) is 18.4 Å². The number of aryl methyl sites for hydroxylation is 1. The van der Waals surface area contributed by atoms with Gasteiger partial charge in [-0.15, -0.1) is 0 Å². The third kappa shape index (κ3) is 7.17. The van der Waals surface area contributed by atoms with Crippen molar-refractivity contribution in [1.29, 1.82) is 5.26 Å². The number of benzene rings is 1. The molecule has 2 aromatic heterocycles. The second-order valence-electron chi connectivity index (χ2n) is 9.65. The first-order chi connectivity index (χ1) is 20.8. The second-order valence-corrected chi connectivity index (χ2v) is 9.65. The minimum absolute atomic E-state index is 0.0140. The number of halogens is 5. The smallest absolute Gasteiger partial charge is 0.391 e.